The molecule has 2 N–H and O–H groups in total. The molecule has 4 heteroatoms. The van der Waals surface area contributed by atoms with Crippen LogP contribution in [-0.2, 0) is 6.54 Å². The van der Waals surface area contributed by atoms with Gasteiger partial charge in [0.15, 0.2) is 0 Å². The summed E-state index contributed by atoms with van der Waals surface area (Å²) in [5, 5.41) is 4.29. The predicted octanol–water partition coefficient (Wildman–Crippen LogP) is 4.17. The maximum Gasteiger partial charge on any atom is 0.0511 e. The van der Waals surface area contributed by atoms with Gasteiger partial charge in [0.05, 0.1) is 5.69 Å². The molecule has 18 heavy (non-hydrogen) atoms. The Labute approximate surface area is 121 Å². The summed E-state index contributed by atoms with van der Waals surface area (Å²) in [5.41, 5.74) is 9.56. The van der Waals surface area contributed by atoms with Crippen LogP contribution in [0.4, 0.5) is 5.69 Å². The molecule has 96 valence electrons. The first-order chi connectivity index (χ1) is 8.58. The first kappa shape index (κ1) is 13.6. The fraction of sp³-hybridized carbons (Fsp3) is 0.286. The molecule has 0 aliphatic heterocycles. The largest absolute Gasteiger partial charge is 0.369 e. The molecule has 0 aliphatic carbocycles. The number of hydrogen-bond donors (Lipinski definition) is 1. The van der Waals surface area contributed by atoms with Crippen LogP contribution < -0.4 is 10.6 Å². The molecule has 0 amide bonds. The third kappa shape index (κ3) is 3.13. The molecular formula is C14H17BrN2S. The van der Waals surface area contributed by atoms with Crippen molar-refractivity contribution in [2.24, 2.45) is 5.73 Å². The Morgan fingerprint density at radius 3 is 2.72 bits per heavy atom. The Balaban J connectivity index is 2.17. The topological polar surface area (TPSA) is 29.3 Å². The van der Waals surface area contributed by atoms with Gasteiger partial charge in [-0.25, -0.2) is 0 Å². The molecule has 1 atom stereocenters. The van der Waals surface area contributed by atoms with Crippen molar-refractivity contribution in [2.45, 2.75) is 19.5 Å². The molecule has 0 fully saturated rings. The van der Waals surface area contributed by atoms with E-state index in [0.29, 0.717) is 0 Å². The van der Waals surface area contributed by atoms with Crippen LogP contribution >= 0.6 is 27.3 Å². The molecular weight excluding hydrogens is 308 g/mol. The molecule has 1 aromatic heterocycles. The van der Waals surface area contributed by atoms with E-state index in [1.54, 1.807) is 11.3 Å². The van der Waals surface area contributed by atoms with Crippen LogP contribution in [0.5, 0.6) is 0 Å². The van der Waals surface area contributed by atoms with Gasteiger partial charge < -0.3 is 10.6 Å². The van der Waals surface area contributed by atoms with Gasteiger partial charge in [-0.2, -0.15) is 11.3 Å². The number of hydrogen-bond acceptors (Lipinski definition) is 3. The number of nitrogens with two attached hydrogens (primary N) is 1. The van der Waals surface area contributed by atoms with E-state index in [-0.39, 0.29) is 6.04 Å². The summed E-state index contributed by atoms with van der Waals surface area (Å²) in [4.78, 5) is 2.23. The fourth-order valence-corrected chi connectivity index (χ4v) is 3.22. The molecule has 0 radical (unpaired) electrons. The third-order valence-corrected chi connectivity index (χ3v) is 4.28. The molecule has 1 aromatic carbocycles. The Hall–Kier alpha value is -0.840. The van der Waals surface area contributed by atoms with Crippen LogP contribution in [0.25, 0.3) is 0 Å². The highest BCUT2D eigenvalue weighted by Gasteiger charge is 2.09. The number of anilines is 1. The highest BCUT2D eigenvalue weighted by atomic mass is 79.9. The van der Waals surface area contributed by atoms with Crippen molar-refractivity contribution in [3.05, 3.63) is 50.6 Å². The third-order valence-electron chi connectivity index (χ3n) is 2.91. The molecule has 0 saturated heterocycles. The maximum absolute atomic E-state index is 5.89. The first-order valence-corrected chi connectivity index (χ1v) is 7.58. The minimum Gasteiger partial charge on any atom is -0.369 e. The van der Waals surface area contributed by atoms with Crippen LogP contribution in [0.2, 0.25) is 0 Å². The van der Waals surface area contributed by atoms with Gasteiger partial charge >= 0.3 is 0 Å². The van der Waals surface area contributed by atoms with Crippen LogP contribution in [-0.4, -0.2) is 7.05 Å². The monoisotopic (exact) mass is 324 g/mol. The second-order valence-electron chi connectivity index (χ2n) is 4.49. The van der Waals surface area contributed by atoms with E-state index >= 15 is 0 Å². The maximum atomic E-state index is 5.89. The zero-order chi connectivity index (χ0) is 13.1. The molecule has 0 bridgehead atoms. The van der Waals surface area contributed by atoms with Crippen molar-refractivity contribution in [3.8, 4) is 0 Å². The predicted molar refractivity (Wildman–Crippen MR) is 83.2 cm³/mol. The normalized spacial score (nSPS) is 12.4. The van der Waals surface area contributed by atoms with Crippen molar-refractivity contribution in [3.63, 3.8) is 0 Å². The molecule has 1 heterocycles. The molecule has 0 spiro atoms. The lowest BCUT2D eigenvalue weighted by Gasteiger charge is -2.21. The summed E-state index contributed by atoms with van der Waals surface area (Å²) in [6.45, 7) is 2.91. The second-order valence-corrected chi connectivity index (χ2v) is 6.12. The lowest BCUT2D eigenvalue weighted by Crippen LogP contribution is -2.16. The highest BCUT2D eigenvalue weighted by Crippen LogP contribution is 2.29. The summed E-state index contributed by atoms with van der Waals surface area (Å²) < 4.78 is 1.09. The number of thiophene rings is 1. The van der Waals surface area contributed by atoms with Crippen LogP contribution in [0.15, 0.2) is 39.5 Å². The standard InChI is InChI=1S/C14H17BrN2S/c1-10(16)12-3-4-14(13(15)7-12)17(2)8-11-5-6-18-9-11/h3-7,9-10H,8,16H2,1-2H3/t10-/m1/s1. The average molecular weight is 325 g/mol. The fourth-order valence-electron chi connectivity index (χ4n) is 1.86. The lowest BCUT2D eigenvalue weighted by atomic mass is 10.1. The zero-order valence-electron chi connectivity index (χ0n) is 10.6. The van der Waals surface area contributed by atoms with E-state index in [0.717, 1.165) is 16.6 Å². The van der Waals surface area contributed by atoms with E-state index in [9.17, 15) is 0 Å². The Morgan fingerprint density at radius 1 is 1.39 bits per heavy atom. The van der Waals surface area contributed by atoms with E-state index in [1.165, 1.54) is 11.3 Å². The van der Waals surface area contributed by atoms with Crippen molar-refractivity contribution < 1.29 is 0 Å². The smallest absolute Gasteiger partial charge is 0.0511 e. The molecule has 2 nitrogen and oxygen atoms in total. The van der Waals surface area contributed by atoms with Crippen LogP contribution in [0.1, 0.15) is 24.1 Å². The van der Waals surface area contributed by atoms with Gasteiger partial charge in [0, 0.05) is 24.1 Å². The Morgan fingerprint density at radius 2 is 2.17 bits per heavy atom. The van der Waals surface area contributed by atoms with Crippen molar-refractivity contribution in [1.29, 1.82) is 0 Å². The quantitative estimate of drug-likeness (QED) is 0.914. The molecule has 2 aromatic rings. The Kier molecular flexibility index (Phi) is 4.43. The highest BCUT2D eigenvalue weighted by molar-refractivity contribution is 9.10. The first-order valence-electron chi connectivity index (χ1n) is 5.85. The van der Waals surface area contributed by atoms with Crippen molar-refractivity contribution >= 4 is 33.0 Å². The minimum absolute atomic E-state index is 0.0672. The van der Waals surface area contributed by atoms with E-state index in [2.05, 4.69) is 62.9 Å². The molecule has 2 rings (SSSR count). The minimum atomic E-state index is 0.0672. The molecule has 0 aliphatic rings. The SMILES string of the molecule is C[C@@H](N)c1ccc(N(C)Cc2ccsc2)c(Br)c1. The number of rotatable bonds is 4. The second kappa shape index (κ2) is 5.87. The van der Waals surface area contributed by atoms with Gasteiger partial charge in [-0.1, -0.05) is 6.07 Å². The van der Waals surface area contributed by atoms with Crippen LogP contribution in [0, 0.1) is 0 Å². The van der Waals surface area contributed by atoms with Gasteiger partial charge in [-0.15, -0.1) is 0 Å². The average Bonchev–Trinajstić information content (AvgIpc) is 2.81. The number of benzene rings is 1. The van der Waals surface area contributed by atoms with E-state index in [4.69, 9.17) is 5.73 Å². The van der Waals surface area contributed by atoms with E-state index < -0.39 is 0 Å². The van der Waals surface area contributed by atoms with Crippen LogP contribution in [0.3, 0.4) is 0 Å². The summed E-state index contributed by atoms with van der Waals surface area (Å²) in [6.07, 6.45) is 0. The molecule has 0 unspecified atom stereocenters. The van der Waals surface area contributed by atoms with Gasteiger partial charge in [0.1, 0.15) is 0 Å². The Bertz CT molecular complexity index is 509. The summed E-state index contributed by atoms with van der Waals surface area (Å²) in [6, 6.07) is 8.54. The summed E-state index contributed by atoms with van der Waals surface area (Å²) in [7, 11) is 2.10. The van der Waals surface area contributed by atoms with Gasteiger partial charge in [0.25, 0.3) is 0 Å². The van der Waals surface area contributed by atoms with Crippen molar-refractivity contribution in [2.75, 3.05) is 11.9 Å². The summed E-state index contributed by atoms with van der Waals surface area (Å²) >= 11 is 5.36. The zero-order valence-corrected chi connectivity index (χ0v) is 13.0. The van der Waals surface area contributed by atoms with Gasteiger partial charge in [-0.05, 0) is 62.9 Å². The van der Waals surface area contributed by atoms with Gasteiger partial charge in [0.2, 0.25) is 0 Å². The summed E-state index contributed by atoms with van der Waals surface area (Å²) in [5.74, 6) is 0. The van der Waals surface area contributed by atoms with Gasteiger partial charge in [-0.3, -0.25) is 0 Å². The lowest BCUT2D eigenvalue weighted by molar-refractivity contribution is 0.816. The van der Waals surface area contributed by atoms with E-state index in [1.807, 2.05) is 6.92 Å². The van der Waals surface area contributed by atoms with Crippen molar-refractivity contribution in [1.82, 2.24) is 0 Å². The molecule has 0 saturated carbocycles. The number of halogens is 1. The number of nitrogens with zero attached hydrogens (tertiary/aromatic N) is 1.